The molecule has 0 spiro atoms. The van der Waals surface area contributed by atoms with Crippen LogP contribution in [-0.2, 0) is 4.74 Å². The number of rotatable bonds is 3. The van der Waals surface area contributed by atoms with Crippen LogP contribution in [0.25, 0.3) is 33.5 Å². The highest BCUT2D eigenvalue weighted by molar-refractivity contribution is 5.94. The first-order valence-corrected chi connectivity index (χ1v) is 9.22. The lowest BCUT2D eigenvalue weighted by Crippen LogP contribution is -2.19. The molecule has 1 saturated heterocycles. The van der Waals surface area contributed by atoms with Gasteiger partial charge >= 0.3 is 0 Å². The van der Waals surface area contributed by atoms with Gasteiger partial charge in [0.2, 0.25) is 0 Å². The molecule has 1 atom stereocenters. The molecule has 0 amide bonds. The third-order valence-corrected chi connectivity index (χ3v) is 4.89. The van der Waals surface area contributed by atoms with E-state index in [-0.39, 0.29) is 6.23 Å². The third-order valence-electron chi connectivity index (χ3n) is 4.89. The number of hydrogen-bond donors (Lipinski definition) is 0. The van der Waals surface area contributed by atoms with E-state index in [9.17, 15) is 0 Å². The van der Waals surface area contributed by atoms with Crippen molar-refractivity contribution < 1.29 is 4.74 Å². The van der Waals surface area contributed by atoms with Crippen LogP contribution < -0.4 is 0 Å². The zero-order valence-electron chi connectivity index (χ0n) is 14.8. The van der Waals surface area contributed by atoms with Gasteiger partial charge in [0.1, 0.15) is 5.69 Å². The van der Waals surface area contributed by atoms with Crippen molar-refractivity contribution in [1.29, 1.82) is 0 Å². The van der Waals surface area contributed by atoms with Gasteiger partial charge in [0.15, 0.2) is 6.23 Å². The molecule has 134 valence electrons. The molecule has 0 aromatic carbocycles. The third kappa shape index (κ3) is 2.98. The van der Waals surface area contributed by atoms with E-state index in [1.54, 1.807) is 12.4 Å². The maximum absolute atomic E-state index is 5.98. The summed E-state index contributed by atoms with van der Waals surface area (Å²) in [4.78, 5) is 13.4. The van der Waals surface area contributed by atoms with Crippen molar-refractivity contribution in [3.63, 3.8) is 0 Å². The molecule has 6 nitrogen and oxygen atoms in total. The molecule has 6 heteroatoms. The smallest absolute Gasteiger partial charge is 0.150 e. The fourth-order valence-electron chi connectivity index (χ4n) is 3.54. The highest BCUT2D eigenvalue weighted by Crippen LogP contribution is 2.33. The Morgan fingerprint density at radius 3 is 2.74 bits per heavy atom. The van der Waals surface area contributed by atoms with E-state index in [2.05, 4.69) is 21.0 Å². The summed E-state index contributed by atoms with van der Waals surface area (Å²) in [6.07, 6.45) is 10.4. The molecule has 0 bridgehead atoms. The Kier molecular flexibility index (Phi) is 4.10. The van der Waals surface area contributed by atoms with Crippen LogP contribution in [0, 0.1) is 0 Å². The van der Waals surface area contributed by atoms with Crippen molar-refractivity contribution in [3.05, 3.63) is 61.2 Å². The number of pyridine rings is 3. The van der Waals surface area contributed by atoms with Crippen LogP contribution in [-0.4, -0.2) is 31.3 Å². The molecule has 0 aliphatic carbocycles. The molecule has 4 aromatic heterocycles. The van der Waals surface area contributed by atoms with Gasteiger partial charge in [-0.3, -0.25) is 15.0 Å². The maximum atomic E-state index is 5.98. The van der Waals surface area contributed by atoms with Crippen LogP contribution >= 0.6 is 0 Å². The summed E-state index contributed by atoms with van der Waals surface area (Å²) in [7, 11) is 0. The second-order valence-corrected chi connectivity index (χ2v) is 6.66. The summed E-state index contributed by atoms with van der Waals surface area (Å²) in [6.45, 7) is 0.770. The zero-order chi connectivity index (χ0) is 18.1. The summed E-state index contributed by atoms with van der Waals surface area (Å²) in [5, 5.41) is 5.92. The molecule has 0 N–H and O–H groups in total. The van der Waals surface area contributed by atoms with Crippen LogP contribution in [0.4, 0.5) is 0 Å². The van der Waals surface area contributed by atoms with Crippen LogP contribution in [0.5, 0.6) is 0 Å². The normalized spacial score (nSPS) is 17.3. The topological polar surface area (TPSA) is 65.7 Å². The summed E-state index contributed by atoms with van der Waals surface area (Å²) in [6, 6.07) is 11.9. The molecule has 5 heterocycles. The molecule has 27 heavy (non-hydrogen) atoms. The minimum Gasteiger partial charge on any atom is -0.356 e. The first kappa shape index (κ1) is 16.1. The van der Waals surface area contributed by atoms with E-state index >= 15 is 0 Å². The quantitative estimate of drug-likeness (QED) is 0.548. The Labute approximate surface area is 156 Å². The highest BCUT2D eigenvalue weighted by Gasteiger charge is 2.22. The fraction of sp³-hybridized carbons (Fsp3) is 0.238. The van der Waals surface area contributed by atoms with Crippen LogP contribution in [0.2, 0.25) is 0 Å². The Morgan fingerprint density at radius 2 is 1.96 bits per heavy atom. The Balaban J connectivity index is 1.70. The largest absolute Gasteiger partial charge is 0.356 e. The standard InChI is InChI=1S/C21H19N5O/c1-3-10-23-17(7-1)21-16-12-18(15-6-5-9-22-13-15)24-14-19(16)26(25-21)20-8-2-4-11-27-20/h1,3,5-7,9-10,12-14,20H,2,4,8,11H2. The van der Waals surface area contributed by atoms with E-state index < -0.39 is 0 Å². The number of nitrogens with zero attached hydrogens (tertiary/aromatic N) is 5. The maximum Gasteiger partial charge on any atom is 0.150 e. The molecule has 1 fully saturated rings. The minimum atomic E-state index is -0.0512. The fourth-order valence-corrected chi connectivity index (χ4v) is 3.54. The Morgan fingerprint density at radius 1 is 0.963 bits per heavy atom. The average Bonchev–Trinajstić information content (AvgIpc) is 3.14. The predicted molar refractivity (Wildman–Crippen MR) is 103 cm³/mol. The van der Waals surface area contributed by atoms with Gasteiger partial charge in [-0.1, -0.05) is 6.07 Å². The van der Waals surface area contributed by atoms with Gasteiger partial charge in [0.25, 0.3) is 0 Å². The lowest BCUT2D eigenvalue weighted by molar-refractivity contribution is -0.0365. The van der Waals surface area contributed by atoms with Crippen molar-refractivity contribution in [3.8, 4) is 22.6 Å². The van der Waals surface area contributed by atoms with Gasteiger partial charge in [0, 0.05) is 36.1 Å². The predicted octanol–water partition coefficient (Wildman–Crippen LogP) is 4.25. The molecule has 1 aliphatic heterocycles. The van der Waals surface area contributed by atoms with Crippen molar-refractivity contribution in [2.45, 2.75) is 25.5 Å². The van der Waals surface area contributed by atoms with Gasteiger partial charge in [-0.05, 0) is 49.6 Å². The molecule has 1 unspecified atom stereocenters. The summed E-state index contributed by atoms with van der Waals surface area (Å²) in [5.41, 5.74) is 4.52. The van der Waals surface area contributed by atoms with E-state index in [0.29, 0.717) is 0 Å². The van der Waals surface area contributed by atoms with Crippen LogP contribution in [0.1, 0.15) is 25.5 Å². The summed E-state index contributed by atoms with van der Waals surface area (Å²) < 4.78 is 7.95. The van der Waals surface area contributed by atoms with Gasteiger partial charge in [-0.25, -0.2) is 4.68 Å². The van der Waals surface area contributed by atoms with E-state index in [0.717, 1.165) is 59.4 Å². The lowest BCUT2D eigenvalue weighted by atomic mass is 10.1. The molecule has 1 aliphatic rings. The molecule has 0 radical (unpaired) electrons. The van der Waals surface area contributed by atoms with Crippen LogP contribution in [0.3, 0.4) is 0 Å². The average molecular weight is 357 g/mol. The minimum absolute atomic E-state index is 0.0512. The van der Waals surface area contributed by atoms with E-state index in [1.807, 2.05) is 47.4 Å². The SMILES string of the molecule is c1ccc(-c2nn(C3CCCCO3)c3cnc(-c4cccnc4)cc23)nc1. The Hall–Kier alpha value is -3.12. The van der Waals surface area contributed by atoms with Crippen LogP contribution in [0.15, 0.2) is 61.2 Å². The first-order valence-electron chi connectivity index (χ1n) is 9.22. The van der Waals surface area contributed by atoms with Gasteiger partial charge in [0.05, 0.1) is 23.1 Å². The number of aromatic nitrogens is 5. The molecule has 4 aromatic rings. The summed E-state index contributed by atoms with van der Waals surface area (Å²) in [5.74, 6) is 0. The Bertz CT molecular complexity index is 1060. The number of fused-ring (bicyclic) bond motifs is 1. The molecular weight excluding hydrogens is 338 g/mol. The van der Waals surface area contributed by atoms with Gasteiger partial charge < -0.3 is 4.74 Å². The van der Waals surface area contributed by atoms with Crippen molar-refractivity contribution in [1.82, 2.24) is 24.7 Å². The monoisotopic (exact) mass is 357 g/mol. The van der Waals surface area contributed by atoms with Crippen molar-refractivity contribution >= 4 is 10.9 Å². The second-order valence-electron chi connectivity index (χ2n) is 6.66. The molecular formula is C21H19N5O. The lowest BCUT2D eigenvalue weighted by Gasteiger charge is -2.23. The first-order chi connectivity index (χ1) is 13.4. The highest BCUT2D eigenvalue weighted by atomic mass is 16.5. The van der Waals surface area contributed by atoms with Gasteiger partial charge in [-0.2, -0.15) is 5.10 Å². The molecule has 0 saturated carbocycles. The van der Waals surface area contributed by atoms with Gasteiger partial charge in [-0.15, -0.1) is 0 Å². The van der Waals surface area contributed by atoms with E-state index in [1.165, 1.54) is 0 Å². The second kappa shape index (κ2) is 6.89. The number of ether oxygens (including phenoxy) is 1. The molecule has 5 rings (SSSR count). The summed E-state index contributed by atoms with van der Waals surface area (Å²) >= 11 is 0. The van der Waals surface area contributed by atoms with Crippen molar-refractivity contribution in [2.75, 3.05) is 6.61 Å². The van der Waals surface area contributed by atoms with E-state index in [4.69, 9.17) is 9.84 Å². The van der Waals surface area contributed by atoms with Crippen molar-refractivity contribution in [2.24, 2.45) is 0 Å². The zero-order valence-corrected chi connectivity index (χ0v) is 14.8. The number of hydrogen-bond acceptors (Lipinski definition) is 5.